The van der Waals surface area contributed by atoms with Crippen LogP contribution in [-0.2, 0) is 20.7 Å². The predicted octanol–water partition coefficient (Wildman–Crippen LogP) is 1.79. The van der Waals surface area contributed by atoms with Crippen LogP contribution in [0, 0.1) is 5.92 Å². The minimum atomic E-state index is 0.178. The van der Waals surface area contributed by atoms with Gasteiger partial charge in [0.1, 0.15) is 0 Å². The van der Waals surface area contributed by atoms with Crippen LogP contribution < -0.4 is 0 Å². The third-order valence-corrected chi connectivity index (χ3v) is 6.73. The van der Waals surface area contributed by atoms with E-state index >= 15 is 0 Å². The van der Waals surface area contributed by atoms with E-state index in [-0.39, 0.29) is 11.8 Å². The van der Waals surface area contributed by atoms with Gasteiger partial charge in [-0.1, -0.05) is 30.3 Å². The molecule has 0 unspecified atom stereocenters. The molecule has 6 nitrogen and oxygen atoms in total. The van der Waals surface area contributed by atoms with Crippen molar-refractivity contribution in [1.82, 2.24) is 14.7 Å². The average Bonchev–Trinajstić information content (AvgIpc) is 2.80. The molecule has 0 atom stereocenters. The molecule has 0 aliphatic carbocycles. The lowest BCUT2D eigenvalue weighted by molar-refractivity contribution is -0.141. The highest BCUT2D eigenvalue weighted by atomic mass is 16.5. The van der Waals surface area contributed by atoms with E-state index in [9.17, 15) is 9.59 Å². The zero-order valence-electron chi connectivity index (χ0n) is 17.3. The van der Waals surface area contributed by atoms with Crippen molar-refractivity contribution in [3.8, 4) is 0 Å². The summed E-state index contributed by atoms with van der Waals surface area (Å²) in [6.45, 7) is 6.54. The number of ether oxygens (including phenoxy) is 1. The summed E-state index contributed by atoms with van der Waals surface area (Å²) in [7, 11) is 0. The Morgan fingerprint density at radius 2 is 1.48 bits per heavy atom. The van der Waals surface area contributed by atoms with Crippen LogP contribution in [0.5, 0.6) is 0 Å². The standard InChI is InChI=1S/C23H33N3O3/c27-22(18-19-4-2-1-3-5-19)25-12-8-21(9-13-25)24-10-6-20(7-11-24)23(28)26-14-16-29-17-15-26/h1-5,20-21H,6-18H2. The molecule has 3 aliphatic rings. The van der Waals surface area contributed by atoms with Gasteiger partial charge in [0.05, 0.1) is 19.6 Å². The summed E-state index contributed by atoms with van der Waals surface area (Å²) in [4.78, 5) is 31.9. The van der Waals surface area contributed by atoms with Crippen LogP contribution in [0.4, 0.5) is 0 Å². The first kappa shape index (κ1) is 20.4. The summed E-state index contributed by atoms with van der Waals surface area (Å²) in [5.74, 6) is 0.746. The van der Waals surface area contributed by atoms with Gasteiger partial charge in [0.2, 0.25) is 11.8 Å². The fourth-order valence-corrected chi connectivity index (χ4v) is 4.92. The molecule has 0 saturated carbocycles. The maximum atomic E-state index is 12.7. The van der Waals surface area contributed by atoms with Crippen LogP contribution in [0.1, 0.15) is 31.2 Å². The Hall–Kier alpha value is -1.92. The van der Waals surface area contributed by atoms with Gasteiger partial charge in [-0.15, -0.1) is 0 Å². The van der Waals surface area contributed by atoms with E-state index in [4.69, 9.17) is 4.74 Å². The summed E-state index contributed by atoms with van der Waals surface area (Å²) in [6, 6.07) is 10.6. The van der Waals surface area contributed by atoms with Gasteiger partial charge in [-0.3, -0.25) is 9.59 Å². The predicted molar refractivity (Wildman–Crippen MR) is 111 cm³/mol. The molecule has 2 amide bonds. The number of amides is 2. The Kier molecular flexibility index (Phi) is 6.82. The smallest absolute Gasteiger partial charge is 0.226 e. The Labute approximate surface area is 173 Å². The van der Waals surface area contributed by atoms with Gasteiger partial charge in [-0.2, -0.15) is 0 Å². The highest BCUT2D eigenvalue weighted by Crippen LogP contribution is 2.25. The molecule has 3 aliphatic heterocycles. The minimum absolute atomic E-state index is 0.178. The monoisotopic (exact) mass is 399 g/mol. The van der Waals surface area contributed by atoms with E-state index in [0.717, 1.165) is 70.5 Å². The van der Waals surface area contributed by atoms with Crippen LogP contribution in [-0.4, -0.2) is 85.0 Å². The highest BCUT2D eigenvalue weighted by Gasteiger charge is 2.33. The summed E-state index contributed by atoms with van der Waals surface area (Å²) in [5, 5.41) is 0. The molecule has 0 spiro atoms. The zero-order chi connectivity index (χ0) is 20.1. The molecule has 1 aromatic carbocycles. The normalized spacial score (nSPS) is 22.6. The zero-order valence-corrected chi connectivity index (χ0v) is 17.3. The fraction of sp³-hybridized carbons (Fsp3) is 0.652. The molecule has 29 heavy (non-hydrogen) atoms. The lowest BCUT2D eigenvalue weighted by atomic mass is 9.92. The molecule has 158 valence electrons. The molecule has 1 aromatic rings. The van der Waals surface area contributed by atoms with Gasteiger partial charge >= 0.3 is 0 Å². The van der Waals surface area contributed by atoms with Crippen molar-refractivity contribution < 1.29 is 14.3 Å². The third kappa shape index (κ3) is 5.17. The number of likely N-dealkylation sites (tertiary alicyclic amines) is 2. The Balaban J connectivity index is 1.20. The Morgan fingerprint density at radius 1 is 0.828 bits per heavy atom. The van der Waals surface area contributed by atoms with Crippen LogP contribution in [0.3, 0.4) is 0 Å². The number of rotatable bonds is 4. The van der Waals surface area contributed by atoms with Crippen LogP contribution >= 0.6 is 0 Å². The number of piperidine rings is 2. The molecule has 0 bridgehead atoms. The third-order valence-electron chi connectivity index (χ3n) is 6.73. The molecule has 4 rings (SSSR count). The minimum Gasteiger partial charge on any atom is -0.378 e. The molecule has 3 fully saturated rings. The molecule has 0 aromatic heterocycles. The van der Waals surface area contributed by atoms with Gasteiger partial charge in [0.25, 0.3) is 0 Å². The van der Waals surface area contributed by atoms with Gasteiger partial charge < -0.3 is 19.4 Å². The van der Waals surface area contributed by atoms with Crippen molar-refractivity contribution in [3.05, 3.63) is 35.9 Å². The van der Waals surface area contributed by atoms with Crippen LogP contribution in [0.15, 0.2) is 30.3 Å². The Morgan fingerprint density at radius 3 is 2.14 bits per heavy atom. The number of morpholine rings is 1. The van der Waals surface area contributed by atoms with Crippen LogP contribution in [0.25, 0.3) is 0 Å². The summed E-state index contributed by atoms with van der Waals surface area (Å²) < 4.78 is 5.36. The van der Waals surface area contributed by atoms with E-state index in [0.29, 0.717) is 31.6 Å². The van der Waals surface area contributed by atoms with Crippen molar-refractivity contribution in [2.24, 2.45) is 5.92 Å². The van der Waals surface area contributed by atoms with E-state index in [1.54, 1.807) is 0 Å². The van der Waals surface area contributed by atoms with Crippen molar-refractivity contribution >= 4 is 11.8 Å². The highest BCUT2D eigenvalue weighted by molar-refractivity contribution is 5.79. The van der Waals surface area contributed by atoms with E-state index in [1.807, 2.05) is 40.1 Å². The number of benzene rings is 1. The first-order valence-electron chi connectivity index (χ1n) is 11.1. The Bertz CT molecular complexity index is 674. The quantitative estimate of drug-likeness (QED) is 0.775. The lowest BCUT2D eigenvalue weighted by Crippen LogP contribution is -2.51. The van der Waals surface area contributed by atoms with Gasteiger partial charge in [0, 0.05) is 38.1 Å². The fourth-order valence-electron chi connectivity index (χ4n) is 4.92. The first-order chi connectivity index (χ1) is 14.2. The lowest BCUT2D eigenvalue weighted by Gasteiger charge is -2.42. The SMILES string of the molecule is O=C(Cc1ccccc1)N1CCC(N2CCC(C(=O)N3CCOCC3)CC2)CC1. The van der Waals surface area contributed by atoms with Gasteiger partial charge in [0.15, 0.2) is 0 Å². The number of hydrogen-bond acceptors (Lipinski definition) is 4. The molecule has 6 heteroatoms. The largest absolute Gasteiger partial charge is 0.378 e. The van der Waals surface area contributed by atoms with E-state index < -0.39 is 0 Å². The van der Waals surface area contributed by atoms with Crippen molar-refractivity contribution in [2.75, 3.05) is 52.5 Å². The van der Waals surface area contributed by atoms with E-state index in [2.05, 4.69) is 4.90 Å². The first-order valence-corrected chi connectivity index (χ1v) is 11.1. The number of carbonyl (C=O) groups is 2. The molecule has 0 N–H and O–H groups in total. The number of carbonyl (C=O) groups excluding carboxylic acids is 2. The molecular formula is C23H33N3O3. The second-order valence-corrected chi connectivity index (χ2v) is 8.52. The van der Waals surface area contributed by atoms with E-state index in [1.165, 1.54) is 0 Å². The summed E-state index contributed by atoms with van der Waals surface area (Å²) in [5.41, 5.74) is 1.09. The van der Waals surface area contributed by atoms with Crippen molar-refractivity contribution in [3.63, 3.8) is 0 Å². The number of nitrogens with zero attached hydrogens (tertiary/aromatic N) is 3. The maximum Gasteiger partial charge on any atom is 0.226 e. The maximum absolute atomic E-state index is 12.7. The van der Waals surface area contributed by atoms with Crippen LogP contribution in [0.2, 0.25) is 0 Å². The molecule has 3 saturated heterocycles. The molecule has 3 heterocycles. The summed E-state index contributed by atoms with van der Waals surface area (Å²) >= 11 is 0. The molecular weight excluding hydrogens is 366 g/mol. The second-order valence-electron chi connectivity index (χ2n) is 8.52. The summed E-state index contributed by atoms with van der Waals surface area (Å²) in [6.07, 6.45) is 4.51. The van der Waals surface area contributed by atoms with Crippen molar-refractivity contribution in [2.45, 2.75) is 38.1 Å². The second kappa shape index (κ2) is 9.72. The number of hydrogen-bond donors (Lipinski definition) is 0. The average molecular weight is 400 g/mol. The van der Waals surface area contributed by atoms with Gasteiger partial charge in [-0.25, -0.2) is 0 Å². The topological polar surface area (TPSA) is 53.1 Å². The van der Waals surface area contributed by atoms with Gasteiger partial charge in [-0.05, 0) is 44.3 Å². The van der Waals surface area contributed by atoms with Crippen molar-refractivity contribution in [1.29, 1.82) is 0 Å². The molecule has 0 radical (unpaired) electrons.